The Balaban J connectivity index is 1.39. The number of aromatic nitrogens is 3. The standard InChI is InChI=1S/C27H30F3N5O4/c28-27(29,30)39-20-6-4-19(5-7-20)35-25-23(24(32-35)17-2-1-3-17)22(16-21(31-25)26(36)37)34-10-8-18(9-11-34)33-12-14-38-15-13-33/h4-7,16-18H,1-3,8-15H2,(H,36,37). The second kappa shape index (κ2) is 10.3. The number of piperidine rings is 1. The number of hydrogen-bond acceptors (Lipinski definition) is 7. The van der Waals surface area contributed by atoms with Gasteiger partial charge in [0.25, 0.3) is 0 Å². The summed E-state index contributed by atoms with van der Waals surface area (Å²) in [5.74, 6) is -1.26. The number of hydrogen-bond donors (Lipinski definition) is 1. The van der Waals surface area contributed by atoms with Crippen molar-refractivity contribution < 1.29 is 32.5 Å². The lowest BCUT2D eigenvalue weighted by Gasteiger charge is -2.41. The number of ether oxygens (including phenoxy) is 2. The number of carboxylic acids is 1. The smallest absolute Gasteiger partial charge is 0.477 e. The van der Waals surface area contributed by atoms with Crippen molar-refractivity contribution in [3.8, 4) is 11.4 Å². The molecule has 3 aliphatic rings. The molecule has 3 fully saturated rings. The van der Waals surface area contributed by atoms with Crippen LogP contribution in [0.3, 0.4) is 0 Å². The molecule has 6 rings (SSSR count). The van der Waals surface area contributed by atoms with Crippen molar-refractivity contribution in [1.82, 2.24) is 19.7 Å². The highest BCUT2D eigenvalue weighted by molar-refractivity contribution is 5.98. The summed E-state index contributed by atoms with van der Waals surface area (Å²) in [6.07, 6.45) is 0.162. The van der Waals surface area contributed by atoms with Gasteiger partial charge in [-0.2, -0.15) is 5.10 Å². The normalized spacial score (nSPS) is 19.8. The number of carbonyl (C=O) groups is 1. The first-order valence-electron chi connectivity index (χ1n) is 13.4. The zero-order valence-corrected chi connectivity index (χ0v) is 21.4. The van der Waals surface area contributed by atoms with E-state index >= 15 is 0 Å². The molecular formula is C27H30F3N5O4. The van der Waals surface area contributed by atoms with Crippen molar-refractivity contribution in [3.63, 3.8) is 0 Å². The molecule has 0 bridgehead atoms. The molecule has 0 amide bonds. The van der Waals surface area contributed by atoms with Gasteiger partial charge in [-0.25, -0.2) is 14.5 Å². The van der Waals surface area contributed by atoms with Gasteiger partial charge in [0.1, 0.15) is 5.75 Å². The lowest BCUT2D eigenvalue weighted by Crippen LogP contribution is -2.49. The Labute approximate surface area is 223 Å². The van der Waals surface area contributed by atoms with Crippen LogP contribution in [0.15, 0.2) is 30.3 Å². The molecule has 2 aromatic heterocycles. The maximum absolute atomic E-state index is 12.7. The Kier molecular flexibility index (Phi) is 6.84. The molecule has 39 heavy (non-hydrogen) atoms. The summed E-state index contributed by atoms with van der Waals surface area (Å²) in [5, 5.41) is 15.6. The van der Waals surface area contributed by atoms with E-state index in [2.05, 4.69) is 19.5 Å². The fourth-order valence-corrected chi connectivity index (χ4v) is 5.83. The second-order valence-electron chi connectivity index (χ2n) is 10.4. The molecule has 1 N–H and O–H groups in total. The number of benzene rings is 1. The van der Waals surface area contributed by atoms with E-state index < -0.39 is 12.3 Å². The second-order valence-corrected chi connectivity index (χ2v) is 10.4. The van der Waals surface area contributed by atoms with Crippen LogP contribution in [0.2, 0.25) is 0 Å². The molecule has 0 spiro atoms. The Bertz CT molecular complexity index is 1340. The van der Waals surface area contributed by atoms with Crippen LogP contribution in [-0.2, 0) is 4.74 Å². The number of fused-ring (bicyclic) bond motifs is 1. The number of pyridine rings is 1. The van der Waals surface area contributed by atoms with E-state index in [0.29, 0.717) is 17.4 Å². The number of morpholine rings is 1. The predicted molar refractivity (Wildman–Crippen MR) is 137 cm³/mol. The number of rotatable bonds is 6. The Morgan fingerprint density at radius 2 is 1.72 bits per heavy atom. The first-order valence-corrected chi connectivity index (χ1v) is 13.4. The zero-order chi connectivity index (χ0) is 27.1. The third-order valence-electron chi connectivity index (χ3n) is 8.04. The average Bonchev–Trinajstić information content (AvgIpc) is 3.26. The van der Waals surface area contributed by atoms with E-state index in [4.69, 9.17) is 9.84 Å². The summed E-state index contributed by atoms with van der Waals surface area (Å²) in [6.45, 7) is 4.91. The maximum Gasteiger partial charge on any atom is 0.573 e. The fourth-order valence-electron chi connectivity index (χ4n) is 5.83. The number of carboxylic acid groups (broad SMARTS) is 1. The van der Waals surface area contributed by atoms with Gasteiger partial charge >= 0.3 is 12.3 Å². The quantitative estimate of drug-likeness (QED) is 0.481. The Hall–Kier alpha value is -3.38. The van der Waals surface area contributed by atoms with Gasteiger partial charge in [-0.05, 0) is 56.0 Å². The van der Waals surface area contributed by atoms with Gasteiger partial charge in [-0.15, -0.1) is 13.2 Å². The van der Waals surface area contributed by atoms with E-state index in [1.165, 1.54) is 24.3 Å². The molecule has 2 aliphatic heterocycles. The summed E-state index contributed by atoms with van der Waals surface area (Å²) in [5.41, 5.74) is 2.45. The molecule has 9 nitrogen and oxygen atoms in total. The number of aromatic carboxylic acids is 1. The van der Waals surface area contributed by atoms with Gasteiger partial charge < -0.3 is 19.5 Å². The molecule has 2 saturated heterocycles. The van der Waals surface area contributed by atoms with Crippen molar-refractivity contribution in [2.75, 3.05) is 44.3 Å². The number of alkyl halides is 3. The highest BCUT2D eigenvalue weighted by Gasteiger charge is 2.33. The van der Waals surface area contributed by atoms with E-state index in [1.807, 2.05) is 0 Å². The van der Waals surface area contributed by atoms with Crippen LogP contribution in [0, 0.1) is 0 Å². The third kappa shape index (κ3) is 5.27. The molecule has 1 aliphatic carbocycles. The molecule has 4 heterocycles. The lowest BCUT2D eigenvalue weighted by atomic mass is 9.82. The van der Waals surface area contributed by atoms with Crippen LogP contribution in [0.5, 0.6) is 5.75 Å². The molecular weight excluding hydrogens is 515 g/mol. The lowest BCUT2D eigenvalue weighted by molar-refractivity contribution is -0.274. The van der Waals surface area contributed by atoms with Crippen LogP contribution in [0.1, 0.15) is 54.2 Å². The number of halogens is 3. The van der Waals surface area contributed by atoms with Crippen LogP contribution in [0.4, 0.5) is 18.9 Å². The van der Waals surface area contributed by atoms with Gasteiger partial charge in [0.2, 0.25) is 0 Å². The molecule has 1 saturated carbocycles. The predicted octanol–water partition coefficient (Wildman–Crippen LogP) is 4.59. The molecule has 0 radical (unpaired) electrons. The molecule has 0 atom stereocenters. The summed E-state index contributed by atoms with van der Waals surface area (Å²) in [7, 11) is 0. The van der Waals surface area contributed by atoms with E-state index in [1.54, 1.807) is 10.7 Å². The SMILES string of the molecule is O=C(O)c1cc(N2CCC(N3CCOCC3)CC2)c2c(C3CCC3)nn(-c3ccc(OC(F)(F)F)cc3)c2n1. The van der Waals surface area contributed by atoms with Gasteiger partial charge in [-0.3, -0.25) is 4.90 Å². The fraction of sp³-hybridized carbons (Fsp3) is 0.519. The minimum Gasteiger partial charge on any atom is -0.477 e. The highest BCUT2D eigenvalue weighted by atomic mass is 19.4. The van der Waals surface area contributed by atoms with E-state index in [-0.39, 0.29) is 17.4 Å². The van der Waals surface area contributed by atoms with Crippen molar-refractivity contribution >= 4 is 22.7 Å². The Morgan fingerprint density at radius 1 is 1.03 bits per heavy atom. The van der Waals surface area contributed by atoms with Crippen LogP contribution < -0.4 is 9.64 Å². The van der Waals surface area contributed by atoms with Gasteiger partial charge in [0.05, 0.1) is 35.7 Å². The molecule has 12 heteroatoms. The van der Waals surface area contributed by atoms with Crippen LogP contribution in [-0.4, -0.2) is 82.5 Å². The summed E-state index contributed by atoms with van der Waals surface area (Å²) in [6, 6.07) is 7.50. The molecule has 3 aromatic rings. The average molecular weight is 546 g/mol. The minimum absolute atomic E-state index is 0.0915. The first kappa shape index (κ1) is 25.9. The highest BCUT2D eigenvalue weighted by Crippen LogP contribution is 2.43. The number of nitrogens with zero attached hydrogens (tertiary/aromatic N) is 5. The number of anilines is 1. The largest absolute Gasteiger partial charge is 0.573 e. The summed E-state index contributed by atoms with van der Waals surface area (Å²) < 4.78 is 49.1. The molecule has 1 aromatic carbocycles. The minimum atomic E-state index is -4.79. The van der Waals surface area contributed by atoms with Gasteiger partial charge in [0.15, 0.2) is 11.3 Å². The van der Waals surface area contributed by atoms with Gasteiger partial charge in [-0.1, -0.05) is 6.42 Å². The molecule has 208 valence electrons. The van der Waals surface area contributed by atoms with E-state index in [9.17, 15) is 23.1 Å². The van der Waals surface area contributed by atoms with Crippen LogP contribution in [0.25, 0.3) is 16.7 Å². The van der Waals surface area contributed by atoms with Crippen LogP contribution >= 0.6 is 0 Å². The molecule has 0 unspecified atom stereocenters. The monoisotopic (exact) mass is 545 g/mol. The van der Waals surface area contributed by atoms with Gasteiger partial charge in [0, 0.05) is 38.1 Å². The Morgan fingerprint density at radius 3 is 2.31 bits per heavy atom. The third-order valence-corrected chi connectivity index (χ3v) is 8.04. The maximum atomic E-state index is 12.7. The first-order chi connectivity index (χ1) is 18.8. The summed E-state index contributed by atoms with van der Waals surface area (Å²) >= 11 is 0. The van der Waals surface area contributed by atoms with Crippen molar-refractivity contribution in [2.45, 2.75) is 50.4 Å². The van der Waals surface area contributed by atoms with Crippen molar-refractivity contribution in [3.05, 3.63) is 41.7 Å². The summed E-state index contributed by atoms with van der Waals surface area (Å²) in [4.78, 5) is 21.3. The zero-order valence-electron chi connectivity index (χ0n) is 21.4. The van der Waals surface area contributed by atoms with E-state index in [0.717, 1.165) is 88.3 Å². The van der Waals surface area contributed by atoms with Crippen molar-refractivity contribution in [2.24, 2.45) is 0 Å². The van der Waals surface area contributed by atoms with Crippen molar-refractivity contribution in [1.29, 1.82) is 0 Å². The topological polar surface area (TPSA) is 93.0 Å².